The van der Waals surface area contributed by atoms with Crippen LogP contribution >= 0.6 is 0 Å². The summed E-state index contributed by atoms with van der Waals surface area (Å²) in [6, 6.07) is 7.13. The average Bonchev–Trinajstić information content (AvgIpc) is 2.45. The van der Waals surface area contributed by atoms with Gasteiger partial charge in [-0.2, -0.15) is 9.57 Å². The average molecular weight is 297 g/mol. The van der Waals surface area contributed by atoms with Gasteiger partial charge in [-0.05, 0) is 18.2 Å². The fourth-order valence-corrected chi connectivity index (χ4v) is 3.63. The quantitative estimate of drug-likeness (QED) is 0.833. The Morgan fingerprint density at radius 1 is 1.25 bits per heavy atom. The van der Waals surface area contributed by atoms with E-state index < -0.39 is 15.8 Å². The third-order valence-corrected chi connectivity index (χ3v) is 5.20. The summed E-state index contributed by atoms with van der Waals surface area (Å²) >= 11 is 0. The summed E-state index contributed by atoms with van der Waals surface area (Å²) in [5.41, 5.74) is 0. The first-order valence-corrected chi connectivity index (χ1v) is 7.83. The maximum atomic E-state index is 13.1. The Balaban J connectivity index is 2.04. The van der Waals surface area contributed by atoms with E-state index in [2.05, 4.69) is 11.0 Å². The van der Waals surface area contributed by atoms with Crippen LogP contribution in [0.2, 0.25) is 0 Å². The number of piperazine rings is 1. The first kappa shape index (κ1) is 14.9. The predicted octanol–water partition coefficient (Wildman–Crippen LogP) is 1.05. The first-order valence-electron chi connectivity index (χ1n) is 6.39. The van der Waals surface area contributed by atoms with Gasteiger partial charge in [-0.3, -0.25) is 4.90 Å². The van der Waals surface area contributed by atoms with Crippen molar-refractivity contribution >= 4 is 10.0 Å². The lowest BCUT2D eigenvalue weighted by Crippen LogP contribution is -2.48. The van der Waals surface area contributed by atoms with Gasteiger partial charge in [0.15, 0.2) is 0 Å². The number of rotatable bonds is 4. The number of halogens is 1. The Kier molecular flexibility index (Phi) is 4.70. The molecule has 5 nitrogen and oxygen atoms in total. The minimum absolute atomic E-state index is 0.0111. The lowest BCUT2D eigenvalue weighted by atomic mass is 10.3. The minimum atomic E-state index is -3.63. The topological polar surface area (TPSA) is 64.4 Å². The standard InChI is InChI=1S/C13H16FN3O2S/c14-12-3-1-4-13(11-12)20(18,19)17-9-7-16(8-10-17)6-2-5-15/h1,3-4,11H,2,6-10H2. The number of nitriles is 1. The zero-order valence-corrected chi connectivity index (χ0v) is 11.8. The molecule has 1 fully saturated rings. The van der Waals surface area contributed by atoms with Gasteiger partial charge in [0.05, 0.1) is 11.0 Å². The van der Waals surface area contributed by atoms with E-state index in [-0.39, 0.29) is 4.90 Å². The normalized spacial score (nSPS) is 17.8. The van der Waals surface area contributed by atoms with Crippen LogP contribution < -0.4 is 0 Å². The van der Waals surface area contributed by atoms with Gasteiger partial charge in [0.2, 0.25) is 10.0 Å². The second-order valence-electron chi connectivity index (χ2n) is 4.61. The molecule has 0 spiro atoms. The molecule has 1 aliphatic heterocycles. The van der Waals surface area contributed by atoms with Crippen LogP contribution in [-0.4, -0.2) is 50.3 Å². The summed E-state index contributed by atoms with van der Waals surface area (Å²) in [5.74, 6) is -0.557. The van der Waals surface area contributed by atoms with Crippen molar-refractivity contribution in [1.82, 2.24) is 9.21 Å². The molecule has 1 aliphatic rings. The van der Waals surface area contributed by atoms with Gasteiger partial charge in [0.1, 0.15) is 5.82 Å². The van der Waals surface area contributed by atoms with E-state index in [1.165, 1.54) is 22.5 Å². The molecule has 1 heterocycles. The number of hydrogen-bond donors (Lipinski definition) is 0. The molecule has 0 amide bonds. The molecule has 0 saturated carbocycles. The van der Waals surface area contributed by atoms with E-state index in [9.17, 15) is 12.8 Å². The Morgan fingerprint density at radius 3 is 2.55 bits per heavy atom. The van der Waals surface area contributed by atoms with Crippen molar-refractivity contribution in [3.05, 3.63) is 30.1 Å². The highest BCUT2D eigenvalue weighted by molar-refractivity contribution is 7.89. The molecule has 108 valence electrons. The molecule has 1 saturated heterocycles. The summed E-state index contributed by atoms with van der Waals surface area (Å²) < 4.78 is 39.2. The second kappa shape index (κ2) is 6.31. The van der Waals surface area contributed by atoms with Gasteiger partial charge in [-0.15, -0.1) is 0 Å². The van der Waals surface area contributed by atoms with Crippen LogP contribution in [-0.2, 0) is 10.0 Å². The SMILES string of the molecule is N#CCCN1CCN(S(=O)(=O)c2cccc(F)c2)CC1. The van der Waals surface area contributed by atoms with Crippen LogP contribution in [0.15, 0.2) is 29.2 Å². The number of nitrogens with zero attached hydrogens (tertiary/aromatic N) is 3. The summed E-state index contributed by atoms with van der Waals surface area (Å²) in [7, 11) is -3.63. The molecular weight excluding hydrogens is 281 g/mol. The zero-order chi connectivity index (χ0) is 14.6. The van der Waals surface area contributed by atoms with E-state index >= 15 is 0 Å². The molecule has 0 unspecified atom stereocenters. The summed E-state index contributed by atoms with van der Waals surface area (Å²) in [5, 5.41) is 8.53. The van der Waals surface area contributed by atoms with Crippen LogP contribution in [0.25, 0.3) is 0 Å². The van der Waals surface area contributed by atoms with Crippen molar-refractivity contribution < 1.29 is 12.8 Å². The maximum Gasteiger partial charge on any atom is 0.243 e. The van der Waals surface area contributed by atoms with E-state index in [1.807, 2.05) is 0 Å². The molecule has 0 bridgehead atoms. The van der Waals surface area contributed by atoms with Crippen LogP contribution in [0.4, 0.5) is 4.39 Å². The van der Waals surface area contributed by atoms with Crippen molar-refractivity contribution in [3.8, 4) is 6.07 Å². The van der Waals surface area contributed by atoms with Crippen molar-refractivity contribution in [1.29, 1.82) is 5.26 Å². The van der Waals surface area contributed by atoms with Crippen LogP contribution in [0.3, 0.4) is 0 Å². The Morgan fingerprint density at radius 2 is 1.95 bits per heavy atom. The molecule has 7 heteroatoms. The monoisotopic (exact) mass is 297 g/mol. The first-order chi connectivity index (χ1) is 9.54. The van der Waals surface area contributed by atoms with Gasteiger partial charge in [-0.1, -0.05) is 6.07 Å². The highest BCUT2D eigenvalue weighted by Gasteiger charge is 2.28. The van der Waals surface area contributed by atoms with Crippen LogP contribution in [0.1, 0.15) is 6.42 Å². The van der Waals surface area contributed by atoms with E-state index in [0.29, 0.717) is 39.1 Å². The molecule has 20 heavy (non-hydrogen) atoms. The van der Waals surface area contributed by atoms with Gasteiger partial charge >= 0.3 is 0 Å². The molecule has 0 atom stereocenters. The van der Waals surface area contributed by atoms with Gasteiger partial charge < -0.3 is 0 Å². The van der Waals surface area contributed by atoms with Crippen molar-refractivity contribution in [2.45, 2.75) is 11.3 Å². The molecule has 1 aromatic carbocycles. The summed E-state index contributed by atoms with van der Waals surface area (Å²) in [6.07, 6.45) is 0.441. The fourth-order valence-electron chi connectivity index (χ4n) is 2.18. The Labute approximate surface area is 118 Å². The van der Waals surface area contributed by atoms with E-state index in [4.69, 9.17) is 5.26 Å². The van der Waals surface area contributed by atoms with Gasteiger partial charge in [-0.25, -0.2) is 12.8 Å². The summed E-state index contributed by atoms with van der Waals surface area (Å²) in [4.78, 5) is 2.05. The molecule has 0 aliphatic carbocycles. The third-order valence-electron chi connectivity index (χ3n) is 3.30. The van der Waals surface area contributed by atoms with Crippen LogP contribution in [0, 0.1) is 17.1 Å². The molecule has 0 radical (unpaired) electrons. The largest absolute Gasteiger partial charge is 0.300 e. The fraction of sp³-hybridized carbons (Fsp3) is 0.462. The van der Waals surface area contributed by atoms with E-state index in [1.54, 1.807) is 0 Å². The summed E-state index contributed by atoms with van der Waals surface area (Å²) in [6.45, 7) is 2.57. The predicted molar refractivity (Wildman–Crippen MR) is 71.8 cm³/mol. The van der Waals surface area contributed by atoms with Gasteiger partial charge in [0, 0.05) is 39.1 Å². The molecule has 2 rings (SSSR count). The second-order valence-corrected chi connectivity index (χ2v) is 6.55. The number of sulfonamides is 1. The van der Waals surface area contributed by atoms with Crippen LogP contribution in [0.5, 0.6) is 0 Å². The highest BCUT2D eigenvalue weighted by Crippen LogP contribution is 2.18. The minimum Gasteiger partial charge on any atom is -0.300 e. The lowest BCUT2D eigenvalue weighted by Gasteiger charge is -2.33. The zero-order valence-electron chi connectivity index (χ0n) is 11.0. The van der Waals surface area contributed by atoms with E-state index in [0.717, 1.165) is 6.07 Å². The van der Waals surface area contributed by atoms with Crippen molar-refractivity contribution in [2.75, 3.05) is 32.7 Å². The molecule has 0 N–H and O–H groups in total. The Bertz CT molecular complexity index is 604. The van der Waals surface area contributed by atoms with Gasteiger partial charge in [0.25, 0.3) is 0 Å². The maximum absolute atomic E-state index is 13.1. The third kappa shape index (κ3) is 3.33. The molecule has 0 aromatic heterocycles. The number of benzene rings is 1. The van der Waals surface area contributed by atoms with Crippen molar-refractivity contribution in [2.24, 2.45) is 0 Å². The highest BCUT2D eigenvalue weighted by atomic mass is 32.2. The number of hydrogen-bond acceptors (Lipinski definition) is 4. The lowest BCUT2D eigenvalue weighted by molar-refractivity contribution is 0.191. The molecular formula is C13H16FN3O2S. The smallest absolute Gasteiger partial charge is 0.243 e. The van der Waals surface area contributed by atoms with Crippen molar-refractivity contribution in [3.63, 3.8) is 0 Å². The Hall–Kier alpha value is -1.49. The molecule has 1 aromatic rings.